The number of aromatic carboxylic acids is 1. The third-order valence-corrected chi connectivity index (χ3v) is 8.14. The SMILES string of the molecule is CC(C)(C)OC(=O)C(NCCc1ccc(S(=O)(=O)c2ccc(NCCO)c(C(=O)O)c2)cc1)[C@H](O)c1cccc(Cl)c1. The highest BCUT2D eigenvalue weighted by Gasteiger charge is 2.32. The Morgan fingerprint density at radius 3 is 2.24 bits per heavy atom. The highest BCUT2D eigenvalue weighted by molar-refractivity contribution is 7.91. The summed E-state index contributed by atoms with van der Waals surface area (Å²) in [7, 11) is -4.02. The van der Waals surface area contributed by atoms with Crippen LogP contribution in [0, 0.1) is 0 Å². The Bertz CT molecular complexity index is 1500. The minimum Gasteiger partial charge on any atom is -0.478 e. The number of rotatable bonds is 13. The van der Waals surface area contributed by atoms with E-state index in [1.165, 1.54) is 24.3 Å². The van der Waals surface area contributed by atoms with Crippen LogP contribution in [-0.2, 0) is 25.8 Å². The largest absolute Gasteiger partial charge is 0.478 e. The average molecular weight is 619 g/mol. The second-order valence-electron chi connectivity index (χ2n) is 10.5. The van der Waals surface area contributed by atoms with E-state index in [2.05, 4.69) is 10.6 Å². The van der Waals surface area contributed by atoms with Gasteiger partial charge in [-0.2, -0.15) is 0 Å². The zero-order valence-corrected chi connectivity index (χ0v) is 25.1. The van der Waals surface area contributed by atoms with Gasteiger partial charge in [-0.05, 0) is 80.8 Å². The molecule has 0 fully saturated rings. The van der Waals surface area contributed by atoms with E-state index in [9.17, 15) is 28.2 Å². The second kappa shape index (κ2) is 14.1. The summed E-state index contributed by atoms with van der Waals surface area (Å²) in [6, 6.07) is 15.3. The Balaban J connectivity index is 1.74. The maximum absolute atomic E-state index is 13.2. The minimum atomic E-state index is -4.02. The van der Waals surface area contributed by atoms with Gasteiger partial charge in [0, 0.05) is 23.8 Å². The quantitative estimate of drug-likeness (QED) is 0.178. The molecule has 0 spiro atoms. The molecule has 0 saturated carbocycles. The lowest BCUT2D eigenvalue weighted by Gasteiger charge is -2.27. The lowest BCUT2D eigenvalue weighted by atomic mass is 10.0. The van der Waals surface area contributed by atoms with Crippen molar-refractivity contribution in [3.63, 3.8) is 0 Å². The van der Waals surface area contributed by atoms with Crippen LogP contribution in [0.2, 0.25) is 5.02 Å². The average Bonchev–Trinajstić information content (AvgIpc) is 2.93. The summed E-state index contributed by atoms with van der Waals surface area (Å²) < 4.78 is 31.9. The van der Waals surface area contributed by atoms with Gasteiger partial charge in [0.25, 0.3) is 0 Å². The summed E-state index contributed by atoms with van der Waals surface area (Å²) >= 11 is 6.07. The van der Waals surface area contributed by atoms with Crippen molar-refractivity contribution in [2.45, 2.75) is 54.7 Å². The molecule has 3 aromatic carbocycles. The molecule has 0 saturated heterocycles. The molecule has 5 N–H and O–H groups in total. The van der Waals surface area contributed by atoms with Gasteiger partial charge in [0.15, 0.2) is 0 Å². The van der Waals surface area contributed by atoms with Crippen molar-refractivity contribution in [1.29, 1.82) is 0 Å². The van der Waals surface area contributed by atoms with Crippen LogP contribution in [0.15, 0.2) is 76.5 Å². The van der Waals surface area contributed by atoms with Crippen molar-refractivity contribution >= 4 is 39.1 Å². The summed E-state index contributed by atoms with van der Waals surface area (Å²) in [6.07, 6.45) is -0.831. The first-order chi connectivity index (χ1) is 19.7. The number of esters is 1. The van der Waals surface area contributed by atoms with Crippen molar-refractivity contribution in [2.75, 3.05) is 25.0 Å². The van der Waals surface area contributed by atoms with Gasteiger partial charge < -0.3 is 30.7 Å². The van der Waals surface area contributed by atoms with Crippen LogP contribution < -0.4 is 10.6 Å². The molecule has 12 heteroatoms. The standard InChI is InChI=1S/C30H35ClN2O8S/c1-30(2,3)41-29(38)26(27(35)20-5-4-6-21(31)17-20)33-14-13-19-7-9-22(10-8-19)42(39,40)23-11-12-25(32-15-16-34)24(18-23)28(36)37/h4-12,17-18,26-27,32-35H,13-16H2,1-3H3,(H,36,37)/t26?,27-/m1/s1. The molecule has 3 aromatic rings. The predicted octanol–water partition coefficient (Wildman–Crippen LogP) is 3.85. The summed E-state index contributed by atoms with van der Waals surface area (Å²) in [6.45, 7) is 5.35. The summed E-state index contributed by atoms with van der Waals surface area (Å²) in [5, 5.41) is 35.7. The molecule has 0 amide bonds. The molecule has 0 aliphatic rings. The fraction of sp³-hybridized carbons (Fsp3) is 0.333. The van der Waals surface area contributed by atoms with E-state index in [-0.39, 0.29) is 40.7 Å². The highest BCUT2D eigenvalue weighted by atomic mass is 35.5. The topological polar surface area (TPSA) is 162 Å². The lowest BCUT2D eigenvalue weighted by Crippen LogP contribution is -2.46. The van der Waals surface area contributed by atoms with Gasteiger partial charge in [0.05, 0.1) is 22.0 Å². The molecule has 1 unspecified atom stereocenters. The lowest BCUT2D eigenvalue weighted by molar-refractivity contribution is -0.160. The number of benzene rings is 3. The van der Waals surface area contributed by atoms with E-state index in [0.29, 0.717) is 17.0 Å². The van der Waals surface area contributed by atoms with Crippen molar-refractivity contribution in [3.05, 3.63) is 88.4 Å². The third kappa shape index (κ3) is 8.76. The van der Waals surface area contributed by atoms with Gasteiger partial charge >= 0.3 is 11.9 Å². The first kappa shape index (κ1) is 33.0. The Labute approximate surface area is 250 Å². The van der Waals surface area contributed by atoms with Crippen molar-refractivity contribution < 1.29 is 38.1 Å². The van der Waals surface area contributed by atoms with Crippen molar-refractivity contribution in [1.82, 2.24) is 5.32 Å². The summed E-state index contributed by atoms with van der Waals surface area (Å²) in [4.78, 5) is 24.4. The molecule has 10 nitrogen and oxygen atoms in total. The molecular weight excluding hydrogens is 584 g/mol. The van der Waals surface area contributed by atoms with Gasteiger partial charge in [0.2, 0.25) is 9.84 Å². The fourth-order valence-corrected chi connectivity index (χ4v) is 5.61. The van der Waals surface area contributed by atoms with E-state index in [0.717, 1.165) is 11.6 Å². The Hall–Kier alpha value is -3.48. The van der Waals surface area contributed by atoms with E-state index < -0.39 is 39.5 Å². The summed E-state index contributed by atoms with van der Waals surface area (Å²) in [5.74, 6) is -1.93. The molecule has 42 heavy (non-hydrogen) atoms. The number of carbonyl (C=O) groups excluding carboxylic acids is 1. The zero-order valence-electron chi connectivity index (χ0n) is 23.5. The van der Waals surface area contributed by atoms with E-state index >= 15 is 0 Å². The molecule has 0 aliphatic carbocycles. The number of ether oxygens (including phenoxy) is 1. The molecule has 226 valence electrons. The number of anilines is 1. The number of hydrogen-bond donors (Lipinski definition) is 5. The zero-order chi connectivity index (χ0) is 31.1. The monoisotopic (exact) mass is 618 g/mol. The van der Waals surface area contributed by atoms with Gasteiger partial charge in [0.1, 0.15) is 17.7 Å². The van der Waals surface area contributed by atoms with Gasteiger partial charge in [-0.1, -0.05) is 35.9 Å². The molecular formula is C30H35ClN2O8S. The molecule has 3 rings (SSSR count). The molecule has 2 atom stereocenters. The number of aliphatic hydroxyl groups excluding tert-OH is 2. The summed E-state index contributed by atoms with van der Waals surface area (Å²) in [5.41, 5.74) is 0.406. The van der Waals surface area contributed by atoms with Crippen LogP contribution >= 0.6 is 11.6 Å². The number of carboxylic acid groups (broad SMARTS) is 1. The number of halogens is 1. The van der Waals surface area contributed by atoms with Gasteiger partial charge in [-0.3, -0.25) is 4.79 Å². The number of hydrogen-bond acceptors (Lipinski definition) is 9. The fourth-order valence-electron chi connectivity index (χ4n) is 4.13. The van der Waals surface area contributed by atoms with Gasteiger partial charge in [-0.15, -0.1) is 0 Å². The first-order valence-corrected chi connectivity index (χ1v) is 15.0. The normalized spacial score (nSPS) is 13.3. The number of carbonyl (C=O) groups is 2. The number of carboxylic acids is 1. The molecule has 0 heterocycles. The van der Waals surface area contributed by atoms with Crippen LogP contribution in [0.25, 0.3) is 0 Å². The minimum absolute atomic E-state index is 0.0189. The Kier molecular flexibility index (Phi) is 11.1. The molecule has 0 radical (unpaired) electrons. The van der Waals surface area contributed by atoms with Crippen LogP contribution in [0.4, 0.5) is 5.69 Å². The van der Waals surface area contributed by atoms with Crippen molar-refractivity contribution in [3.8, 4) is 0 Å². The molecule has 0 aliphatic heterocycles. The van der Waals surface area contributed by atoms with Crippen LogP contribution in [0.1, 0.15) is 48.4 Å². The number of nitrogens with one attached hydrogen (secondary N) is 2. The highest BCUT2D eigenvalue weighted by Crippen LogP contribution is 2.27. The second-order valence-corrected chi connectivity index (χ2v) is 12.9. The van der Waals surface area contributed by atoms with E-state index in [1.807, 2.05) is 0 Å². The smallest absolute Gasteiger partial charge is 0.337 e. The van der Waals surface area contributed by atoms with Crippen LogP contribution in [0.5, 0.6) is 0 Å². The van der Waals surface area contributed by atoms with Crippen LogP contribution in [0.3, 0.4) is 0 Å². The van der Waals surface area contributed by atoms with Crippen molar-refractivity contribution in [2.24, 2.45) is 0 Å². The first-order valence-electron chi connectivity index (χ1n) is 13.2. The third-order valence-electron chi connectivity index (χ3n) is 6.14. The Morgan fingerprint density at radius 2 is 1.64 bits per heavy atom. The van der Waals surface area contributed by atoms with Gasteiger partial charge in [-0.25, -0.2) is 13.2 Å². The Morgan fingerprint density at radius 1 is 0.976 bits per heavy atom. The number of sulfone groups is 1. The molecule has 0 aromatic heterocycles. The molecule has 0 bridgehead atoms. The van der Waals surface area contributed by atoms with E-state index in [1.54, 1.807) is 57.2 Å². The maximum Gasteiger partial charge on any atom is 0.337 e. The maximum atomic E-state index is 13.2. The number of aliphatic hydroxyl groups is 2. The van der Waals surface area contributed by atoms with Crippen LogP contribution in [-0.4, -0.2) is 67.0 Å². The van der Waals surface area contributed by atoms with E-state index in [4.69, 9.17) is 21.4 Å². The predicted molar refractivity (Wildman–Crippen MR) is 159 cm³/mol.